The lowest BCUT2D eigenvalue weighted by Gasteiger charge is -2.16. The molecule has 0 heterocycles. The molecule has 0 spiro atoms. The SMILES string of the molecule is COCCN(C)CCNCC(=O)NC(C)COC. The number of carbonyl (C=O) groups excluding carboxylic acids is 1. The highest BCUT2D eigenvalue weighted by molar-refractivity contribution is 5.78. The Morgan fingerprint density at radius 2 is 2.00 bits per heavy atom. The normalized spacial score (nSPS) is 12.7. The maximum absolute atomic E-state index is 11.5. The van der Waals surface area contributed by atoms with Crippen LogP contribution >= 0.6 is 0 Å². The highest BCUT2D eigenvalue weighted by atomic mass is 16.5. The molecule has 0 radical (unpaired) electrons. The highest BCUT2D eigenvalue weighted by Crippen LogP contribution is 1.83. The van der Waals surface area contributed by atoms with Gasteiger partial charge in [0, 0.05) is 39.9 Å². The minimum Gasteiger partial charge on any atom is -0.383 e. The molecule has 6 nitrogen and oxygen atoms in total. The number of hydrogen-bond acceptors (Lipinski definition) is 5. The predicted molar refractivity (Wildman–Crippen MR) is 71.7 cm³/mol. The first-order valence-electron chi connectivity index (χ1n) is 6.26. The second-order valence-corrected chi connectivity index (χ2v) is 4.40. The van der Waals surface area contributed by atoms with Crippen LogP contribution in [0.5, 0.6) is 0 Å². The Hall–Kier alpha value is -0.690. The van der Waals surface area contributed by atoms with Crippen LogP contribution < -0.4 is 10.6 Å². The van der Waals surface area contributed by atoms with Crippen LogP contribution in [0.25, 0.3) is 0 Å². The van der Waals surface area contributed by atoms with Crippen LogP contribution in [0.3, 0.4) is 0 Å². The van der Waals surface area contributed by atoms with E-state index in [-0.39, 0.29) is 11.9 Å². The van der Waals surface area contributed by atoms with E-state index in [9.17, 15) is 4.79 Å². The van der Waals surface area contributed by atoms with E-state index in [1.54, 1.807) is 14.2 Å². The largest absolute Gasteiger partial charge is 0.383 e. The van der Waals surface area contributed by atoms with Crippen LogP contribution in [0.15, 0.2) is 0 Å². The molecule has 0 aromatic carbocycles. The van der Waals surface area contributed by atoms with E-state index in [0.717, 1.165) is 26.2 Å². The molecule has 0 fully saturated rings. The van der Waals surface area contributed by atoms with Crippen molar-refractivity contribution >= 4 is 5.91 Å². The van der Waals surface area contributed by atoms with Gasteiger partial charge >= 0.3 is 0 Å². The molecule has 108 valence electrons. The fourth-order valence-electron chi connectivity index (χ4n) is 1.45. The third kappa shape index (κ3) is 10.5. The summed E-state index contributed by atoms with van der Waals surface area (Å²) in [5.41, 5.74) is 0. The van der Waals surface area contributed by atoms with Crippen LogP contribution in [0.1, 0.15) is 6.92 Å². The summed E-state index contributed by atoms with van der Waals surface area (Å²) in [5, 5.41) is 5.95. The first-order chi connectivity index (χ1) is 8.60. The monoisotopic (exact) mass is 261 g/mol. The number of methoxy groups -OCH3 is 2. The van der Waals surface area contributed by atoms with Gasteiger partial charge in [-0.1, -0.05) is 0 Å². The molecular formula is C12H27N3O3. The lowest BCUT2D eigenvalue weighted by molar-refractivity contribution is -0.121. The van der Waals surface area contributed by atoms with Crippen molar-refractivity contribution in [2.24, 2.45) is 0 Å². The van der Waals surface area contributed by atoms with Crippen molar-refractivity contribution in [3.63, 3.8) is 0 Å². The lowest BCUT2D eigenvalue weighted by atomic mass is 10.3. The molecule has 0 aliphatic carbocycles. The van der Waals surface area contributed by atoms with Gasteiger partial charge in [-0.3, -0.25) is 4.79 Å². The molecule has 0 saturated carbocycles. The Morgan fingerprint density at radius 3 is 2.61 bits per heavy atom. The number of hydrogen-bond donors (Lipinski definition) is 2. The van der Waals surface area contributed by atoms with E-state index in [4.69, 9.17) is 9.47 Å². The number of rotatable bonds is 11. The number of nitrogens with one attached hydrogen (secondary N) is 2. The summed E-state index contributed by atoms with van der Waals surface area (Å²) in [7, 11) is 5.34. The van der Waals surface area contributed by atoms with Gasteiger partial charge in [-0.05, 0) is 14.0 Å². The Bertz CT molecular complexity index is 215. The van der Waals surface area contributed by atoms with Gasteiger partial charge in [0.15, 0.2) is 0 Å². The molecule has 0 aliphatic heterocycles. The van der Waals surface area contributed by atoms with Gasteiger partial charge in [0.25, 0.3) is 0 Å². The van der Waals surface area contributed by atoms with Crippen LogP contribution in [0.2, 0.25) is 0 Å². The zero-order valence-electron chi connectivity index (χ0n) is 12.0. The summed E-state index contributed by atoms with van der Waals surface area (Å²) in [4.78, 5) is 13.6. The van der Waals surface area contributed by atoms with Gasteiger partial charge in [-0.2, -0.15) is 0 Å². The molecule has 0 rings (SSSR count). The Balaban J connectivity index is 3.45. The fraction of sp³-hybridized carbons (Fsp3) is 0.917. The Morgan fingerprint density at radius 1 is 1.28 bits per heavy atom. The van der Waals surface area contributed by atoms with Gasteiger partial charge < -0.3 is 25.0 Å². The van der Waals surface area contributed by atoms with Crippen molar-refractivity contribution < 1.29 is 14.3 Å². The maximum Gasteiger partial charge on any atom is 0.234 e. The zero-order valence-corrected chi connectivity index (χ0v) is 12.0. The number of ether oxygens (including phenoxy) is 2. The smallest absolute Gasteiger partial charge is 0.234 e. The standard InChI is InChI=1S/C12H27N3O3/c1-11(10-18-4)14-12(16)9-13-5-6-15(2)7-8-17-3/h11,13H,5-10H2,1-4H3,(H,14,16). The average Bonchev–Trinajstić information content (AvgIpc) is 2.32. The minimum absolute atomic E-state index is 0.000838. The van der Waals surface area contributed by atoms with E-state index in [0.29, 0.717) is 13.2 Å². The Kier molecular flexibility index (Phi) is 11.0. The number of amides is 1. The molecule has 0 aromatic heterocycles. The fourth-order valence-corrected chi connectivity index (χ4v) is 1.45. The van der Waals surface area contributed by atoms with Crippen molar-refractivity contribution in [1.29, 1.82) is 0 Å². The summed E-state index contributed by atoms with van der Waals surface area (Å²) >= 11 is 0. The average molecular weight is 261 g/mol. The van der Waals surface area contributed by atoms with E-state index in [1.165, 1.54) is 0 Å². The van der Waals surface area contributed by atoms with Crippen molar-refractivity contribution in [1.82, 2.24) is 15.5 Å². The second kappa shape index (κ2) is 11.4. The molecular weight excluding hydrogens is 234 g/mol. The zero-order chi connectivity index (χ0) is 13.8. The summed E-state index contributed by atoms with van der Waals surface area (Å²) < 4.78 is 9.93. The number of carbonyl (C=O) groups is 1. The molecule has 0 saturated heterocycles. The van der Waals surface area contributed by atoms with Crippen LogP contribution in [0, 0.1) is 0 Å². The molecule has 1 unspecified atom stereocenters. The van der Waals surface area contributed by atoms with Gasteiger partial charge in [0.1, 0.15) is 0 Å². The molecule has 0 aromatic rings. The predicted octanol–water partition coefficient (Wildman–Crippen LogP) is -0.695. The topological polar surface area (TPSA) is 62.8 Å². The van der Waals surface area contributed by atoms with Gasteiger partial charge in [-0.25, -0.2) is 0 Å². The second-order valence-electron chi connectivity index (χ2n) is 4.40. The Labute approximate surface area is 110 Å². The molecule has 1 atom stereocenters. The molecule has 0 aliphatic rings. The van der Waals surface area contributed by atoms with Gasteiger partial charge in [0.2, 0.25) is 5.91 Å². The molecule has 18 heavy (non-hydrogen) atoms. The van der Waals surface area contributed by atoms with E-state index in [2.05, 4.69) is 15.5 Å². The molecule has 0 bridgehead atoms. The minimum atomic E-state index is -0.000838. The third-order valence-electron chi connectivity index (χ3n) is 2.46. The van der Waals surface area contributed by atoms with E-state index in [1.807, 2.05) is 14.0 Å². The first kappa shape index (κ1) is 17.3. The molecule has 1 amide bonds. The third-order valence-corrected chi connectivity index (χ3v) is 2.46. The quantitative estimate of drug-likeness (QED) is 0.482. The molecule has 6 heteroatoms. The number of nitrogens with zero attached hydrogens (tertiary/aromatic N) is 1. The van der Waals surface area contributed by atoms with Gasteiger partial charge in [0.05, 0.1) is 19.8 Å². The van der Waals surface area contributed by atoms with E-state index >= 15 is 0 Å². The van der Waals surface area contributed by atoms with Crippen molar-refractivity contribution in [3.8, 4) is 0 Å². The maximum atomic E-state index is 11.5. The van der Waals surface area contributed by atoms with E-state index < -0.39 is 0 Å². The molecule has 2 N–H and O–H groups in total. The van der Waals surface area contributed by atoms with Crippen molar-refractivity contribution in [2.75, 3.05) is 60.7 Å². The van der Waals surface area contributed by atoms with Crippen molar-refractivity contribution in [2.45, 2.75) is 13.0 Å². The van der Waals surface area contributed by atoms with Gasteiger partial charge in [-0.15, -0.1) is 0 Å². The van der Waals surface area contributed by atoms with Crippen LogP contribution in [-0.2, 0) is 14.3 Å². The van der Waals surface area contributed by atoms with Crippen LogP contribution in [-0.4, -0.2) is 77.5 Å². The first-order valence-corrected chi connectivity index (χ1v) is 6.26. The number of likely N-dealkylation sites (N-methyl/N-ethyl adjacent to an activating group) is 1. The summed E-state index contributed by atoms with van der Waals surface area (Å²) in [5.74, 6) is -0.000838. The summed E-state index contributed by atoms with van der Waals surface area (Å²) in [6.07, 6.45) is 0. The van der Waals surface area contributed by atoms with Crippen LogP contribution in [0.4, 0.5) is 0 Å². The summed E-state index contributed by atoms with van der Waals surface area (Å²) in [6, 6.07) is 0.0497. The lowest BCUT2D eigenvalue weighted by Crippen LogP contribution is -2.42. The van der Waals surface area contributed by atoms with Crippen molar-refractivity contribution in [3.05, 3.63) is 0 Å². The summed E-state index contributed by atoms with van der Waals surface area (Å²) in [6.45, 7) is 6.09. The highest BCUT2D eigenvalue weighted by Gasteiger charge is 2.06.